The van der Waals surface area contributed by atoms with Crippen molar-refractivity contribution in [2.24, 2.45) is 5.92 Å². The fraction of sp³-hybridized carbons (Fsp3) is 0.321. The number of hydrogen-bond donors (Lipinski definition) is 2. The Balaban J connectivity index is 1.54. The highest BCUT2D eigenvalue weighted by Gasteiger charge is 2.18. The van der Waals surface area contributed by atoms with E-state index in [4.69, 9.17) is 11.6 Å². The van der Waals surface area contributed by atoms with Gasteiger partial charge in [0.25, 0.3) is 0 Å². The Kier molecular flexibility index (Phi) is 7.81. The first-order valence-corrected chi connectivity index (χ1v) is 12.1. The van der Waals surface area contributed by atoms with Crippen molar-refractivity contribution in [2.45, 2.75) is 45.9 Å². The molecule has 2 heterocycles. The maximum Gasteiger partial charge on any atom is 0.130 e. The van der Waals surface area contributed by atoms with E-state index < -0.39 is 6.10 Å². The van der Waals surface area contributed by atoms with Crippen LogP contribution < -0.4 is 0 Å². The average molecular weight is 462 g/mol. The minimum absolute atomic E-state index is 0.370. The Morgan fingerprint density at radius 2 is 1.61 bits per heavy atom. The van der Waals surface area contributed by atoms with Crippen molar-refractivity contribution in [1.29, 1.82) is 0 Å². The summed E-state index contributed by atoms with van der Waals surface area (Å²) in [5.74, 6) is 0.370. The van der Waals surface area contributed by atoms with Crippen molar-refractivity contribution in [3.05, 3.63) is 100 Å². The van der Waals surface area contributed by atoms with Crippen molar-refractivity contribution in [3.63, 3.8) is 0 Å². The highest BCUT2D eigenvalue weighted by atomic mass is 35.5. The van der Waals surface area contributed by atoms with Gasteiger partial charge in [-0.3, -0.25) is 4.90 Å². The summed E-state index contributed by atoms with van der Waals surface area (Å²) < 4.78 is 0. The molecule has 0 aliphatic heterocycles. The van der Waals surface area contributed by atoms with Gasteiger partial charge in [0, 0.05) is 36.8 Å². The molecule has 172 valence electrons. The molecule has 0 saturated heterocycles. The quantitative estimate of drug-likeness (QED) is 0.263. The molecule has 2 aromatic carbocycles. The predicted octanol–water partition coefficient (Wildman–Crippen LogP) is 6.54. The fourth-order valence-corrected chi connectivity index (χ4v) is 4.74. The second-order valence-electron chi connectivity index (χ2n) is 8.93. The molecule has 2 aromatic heterocycles. The fourth-order valence-electron chi connectivity index (χ4n) is 4.53. The van der Waals surface area contributed by atoms with Crippen LogP contribution in [0.25, 0.3) is 10.9 Å². The molecular formula is C28H32ClN3O. The monoisotopic (exact) mass is 461 g/mol. The summed E-state index contributed by atoms with van der Waals surface area (Å²) in [5, 5.41) is 11.8. The maximum absolute atomic E-state index is 10.4. The summed E-state index contributed by atoms with van der Waals surface area (Å²) in [5.41, 5.74) is 5.45. The first-order chi connectivity index (χ1) is 16.0. The maximum atomic E-state index is 10.4. The summed E-state index contributed by atoms with van der Waals surface area (Å²) in [6.07, 6.45) is 2.85. The van der Waals surface area contributed by atoms with E-state index in [1.807, 2.05) is 19.2 Å². The van der Waals surface area contributed by atoms with E-state index in [1.54, 1.807) is 0 Å². The third-order valence-corrected chi connectivity index (χ3v) is 6.30. The lowest BCUT2D eigenvalue weighted by Gasteiger charge is -2.26. The number of rotatable bonds is 10. The number of fused-ring (bicyclic) bond motifs is 1. The molecule has 4 aromatic rings. The molecule has 0 bridgehead atoms. The van der Waals surface area contributed by atoms with E-state index in [0.717, 1.165) is 48.2 Å². The van der Waals surface area contributed by atoms with Gasteiger partial charge in [0.2, 0.25) is 0 Å². The molecule has 5 heteroatoms. The number of benzene rings is 2. The summed E-state index contributed by atoms with van der Waals surface area (Å²) >= 11 is 6.39. The second kappa shape index (κ2) is 11.0. The number of pyridine rings is 1. The van der Waals surface area contributed by atoms with Crippen LogP contribution in [0.15, 0.2) is 72.9 Å². The molecule has 0 amide bonds. The van der Waals surface area contributed by atoms with Crippen molar-refractivity contribution < 1.29 is 5.11 Å². The standard InChI is InChI=1S/C28H32ClN3O/c1-3-26(33)24-16-30-28-23(24)15-27(29)31-25(28)14-20(2)17-32(18-21-10-6-4-7-11-21)19-22-12-8-5-9-13-22/h4-13,15-16,20,26,30,33H,3,14,17-19H2,1-2H3. The van der Waals surface area contributed by atoms with Crippen LogP contribution in [0, 0.1) is 5.92 Å². The number of aliphatic hydroxyl groups excluding tert-OH is 1. The molecule has 0 spiro atoms. The van der Waals surface area contributed by atoms with Crippen LogP contribution >= 0.6 is 11.6 Å². The van der Waals surface area contributed by atoms with Crippen LogP contribution in [-0.4, -0.2) is 26.5 Å². The smallest absolute Gasteiger partial charge is 0.130 e. The highest BCUT2D eigenvalue weighted by molar-refractivity contribution is 6.30. The van der Waals surface area contributed by atoms with Crippen LogP contribution in [0.1, 0.15) is 48.8 Å². The number of aromatic amines is 1. The van der Waals surface area contributed by atoms with E-state index in [0.29, 0.717) is 17.5 Å². The number of hydrogen-bond acceptors (Lipinski definition) is 3. The van der Waals surface area contributed by atoms with Gasteiger partial charge in [-0.1, -0.05) is 86.1 Å². The van der Waals surface area contributed by atoms with E-state index in [9.17, 15) is 5.11 Å². The minimum Gasteiger partial charge on any atom is -0.388 e. The number of halogens is 1. The van der Waals surface area contributed by atoms with Crippen LogP contribution in [-0.2, 0) is 19.5 Å². The SMILES string of the molecule is CCC(O)c1c[nH]c2c(CC(C)CN(Cc3ccccc3)Cc3ccccc3)nc(Cl)cc12. The minimum atomic E-state index is -0.505. The Morgan fingerprint density at radius 1 is 1.00 bits per heavy atom. The molecule has 0 aliphatic carbocycles. The van der Waals surface area contributed by atoms with Crippen LogP contribution in [0.3, 0.4) is 0 Å². The number of nitrogens with one attached hydrogen (secondary N) is 1. The van der Waals surface area contributed by atoms with Crippen molar-refractivity contribution in [3.8, 4) is 0 Å². The molecule has 4 rings (SSSR count). The van der Waals surface area contributed by atoms with E-state index in [-0.39, 0.29) is 0 Å². The zero-order valence-corrected chi connectivity index (χ0v) is 20.1. The predicted molar refractivity (Wildman–Crippen MR) is 136 cm³/mol. The summed E-state index contributed by atoms with van der Waals surface area (Å²) in [4.78, 5) is 10.5. The van der Waals surface area contributed by atoms with Crippen molar-refractivity contribution in [2.75, 3.05) is 6.54 Å². The number of aliphatic hydroxyl groups is 1. The van der Waals surface area contributed by atoms with Gasteiger partial charge in [-0.05, 0) is 36.0 Å². The molecule has 33 heavy (non-hydrogen) atoms. The molecule has 0 fully saturated rings. The largest absolute Gasteiger partial charge is 0.388 e. The second-order valence-corrected chi connectivity index (χ2v) is 9.32. The van der Waals surface area contributed by atoms with Gasteiger partial charge in [0.1, 0.15) is 5.15 Å². The van der Waals surface area contributed by atoms with Crippen LogP contribution in [0.4, 0.5) is 0 Å². The van der Waals surface area contributed by atoms with Gasteiger partial charge in [0.05, 0.1) is 17.3 Å². The number of H-pyrrole nitrogens is 1. The highest BCUT2D eigenvalue weighted by Crippen LogP contribution is 2.30. The Morgan fingerprint density at radius 3 is 2.18 bits per heavy atom. The zero-order valence-electron chi connectivity index (χ0n) is 19.3. The summed E-state index contributed by atoms with van der Waals surface area (Å²) in [6, 6.07) is 23.1. The normalized spacial score (nSPS) is 13.5. The van der Waals surface area contributed by atoms with Crippen molar-refractivity contribution >= 4 is 22.5 Å². The molecule has 0 aliphatic rings. The Labute approximate surface area is 201 Å². The Hall–Kier alpha value is -2.66. The summed E-state index contributed by atoms with van der Waals surface area (Å²) in [6.45, 7) is 6.97. The van der Waals surface area contributed by atoms with E-state index in [2.05, 4.69) is 82.5 Å². The molecule has 2 unspecified atom stereocenters. The molecular weight excluding hydrogens is 430 g/mol. The van der Waals surface area contributed by atoms with Gasteiger partial charge in [0.15, 0.2) is 0 Å². The van der Waals surface area contributed by atoms with Gasteiger partial charge in [-0.2, -0.15) is 0 Å². The third kappa shape index (κ3) is 6.02. The Bertz CT molecular complexity index is 1120. The van der Waals surface area contributed by atoms with E-state index >= 15 is 0 Å². The van der Waals surface area contributed by atoms with Gasteiger partial charge >= 0.3 is 0 Å². The molecule has 2 N–H and O–H groups in total. The van der Waals surface area contributed by atoms with Gasteiger partial charge in [-0.25, -0.2) is 4.98 Å². The van der Waals surface area contributed by atoms with Gasteiger partial charge in [-0.15, -0.1) is 0 Å². The molecule has 2 atom stereocenters. The first-order valence-electron chi connectivity index (χ1n) is 11.7. The lowest BCUT2D eigenvalue weighted by molar-refractivity contribution is 0.175. The molecule has 0 radical (unpaired) electrons. The van der Waals surface area contributed by atoms with Crippen LogP contribution in [0.2, 0.25) is 5.15 Å². The lowest BCUT2D eigenvalue weighted by Crippen LogP contribution is -2.29. The lowest BCUT2D eigenvalue weighted by atomic mass is 10.0. The van der Waals surface area contributed by atoms with Crippen molar-refractivity contribution in [1.82, 2.24) is 14.9 Å². The van der Waals surface area contributed by atoms with Crippen LogP contribution in [0.5, 0.6) is 0 Å². The van der Waals surface area contributed by atoms with Gasteiger partial charge < -0.3 is 10.1 Å². The third-order valence-electron chi connectivity index (χ3n) is 6.10. The first kappa shape index (κ1) is 23.5. The van der Waals surface area contributed by atoms with E-state index in [1.165, 1.54) is 11.1 Å². The average Bonchev–Trinajstić information content (AvgIpc) is 3.24. The summed E-state index contributed by atoms with van der Waals surface area (Å²) in [7, 11) is 0. The molecule has 4 nitrogen and oxygen atoms in total. The number of nitrogens with zero attached hydrogens (tertiary/aromatic N) is 2. The number of aromatic nitrogens is 2. The molecule has 0 saturated carbocycles. The zero-order chi connectivity index (χ0) is 23.2. The topological polar surface area (TPSA) is 52.1 Å².